The van der Waals surface area contributed by atoms with E-state index in [0.29, 0.717) is 61.4 Å². The van der Waals surface area contributed by atoms with Crippen molar-refractivity contribution in [3.8, 4) is 0 Å². The van der Waals surface area contributed by atoms with E-state index in [0.717, 1.165) is 12.1 Å². The number of carbonyl (C=O) groups excluding carboxylic acids is 2. The van der Waals surface area contributed by atoms with Crippen LogP contribution in [0.25, 0.3) is 0 Å². The first-order valence-electron chi connectivity index (χ1n) is 11.9. The summed E-state index contributed by atoms with van der Waals surface area (Å²) < 4.78 is 50.4. The first-order valence-corrected chi connectivity index (χ1v) is 11.9. The van der Waals surface area contributed by atoms with E-state index in [1.54, 1.807) is 6.92 Å². The molecule has 1 fully saturated rings. The lowest BCUT2D eigenvalue weighted by atomic mass is 9.71. The van der Waals surface area contributed by atoms with Crippen molar-refractivity contribution in [2.75, 3.05) is 20.3 Å². The third-order valence-corrected chi connectivity index (χ3v) is 6.97. The molecule has 35 heavy (non-hydrogen) atoms. The van der Waals surface area contributed by atoms with Gasteiger partial charge in [0.1, 0.15) is 0 Å². The van der Waals surface area contributed by atoms with Crippen LogP contribution in [0.3, 0.4) is 0 Å². The summed E-state index contributed by atoms with van der Waals surface area (Å²) in [5.41, 5.74) is 1.53. The maximum absolute atomic E-state index is 13.9. The largest absolute Gasteiger partial charge is 0.416 e. The molecule has 0 saturated carbocycles. The van der Waals surface area contributed by atoms with E-state index in [-0.39, 0.29) is 28.2 Å². The third kappa shape index (κ3) is 5.05. The standard InChI is InChI=1S/C27H30F3NO4/c1-15(34-4)24-23(25(33)17-5-7-18(8-6-17)27(28,29)30)21(16-9-11-35-12-10-16)22-19(31-24)13-26(2,3)14-20(22)32/h5-8,15-16H,9-14H2,1-4H3. The van der Waals surface area contributed by atoms with Crippen LogP contribution in [0.5, 0.6) is 0 Å². The van der Waals surface area contributed by atoms with Crippen molar-refractivity contribution in [1.82, 2.24) is 4.98 Å². The Morgan fingerprint density at radius 2 is 1.77 bits per heavy atom. The van der Waals surface area contributed by atoms with E-state index >= 15 is 0 Å². The summed E-state index contributed by atoms with van der Waals surface area (Å²) in [7, 11) is 1.52. The predicted molar refractivity (Wildman–Crippen MR) is 124 cm³/mol. The Bertz CT molecular complexity index is 1130. The van der Waals surface area contributed by atoms with Gasteiger partial charge in [-0.3, -0.25) is 14.6 Å². The Morgan fingerprint density at radius 1 is 1.14 bits per heavy atom. The summed E-state index contributed by atoms with van der Waals surface area (Å²) >= 11 is 0. The second kappa shape index (κ2) is 9.47. The fraction of sp³-hybridized carbons (Fsp3) is 0.519. The van der Waals surface area contributed by atoms with E-state index in [9.17, 15) is 22.8 Å². The minimum absolute atomic E-state index is 0.0525. The van der Waals surface area contributed by atoms with Gasteiger partial charge in [0.25, 0.3) is 0 Å². The Morgan fingerprint density at radius 3 is 2.34 bits per heavy atom. The molecule has 1 atom stereocenters. The zero-order valence-electron chi connectivity index (χ0n) is 20.4. The van der Waals surface area contributed by atoms with Gasteiger partial charge in [-0.25, -0.2) is 0 Å². The molecule has 1 unspecified atom stereocenters. The molecule has 2 aliphatic rings. The summed E-state index contributed by atoms with van der Waals surface area (Å²) in [6, 6.07) is 4.18. The maximum Gasteiger partial charge on any atom is 0.416 e. The predicted octanol–water partition coefficient (Wildman–Crippen LogP) is 6.09. The molecule has 188 valence electrons. The Balaban J connectivity index is 1.96. The summed E-state index contributed by atoms with van der Waals surface area (Å²) in [6.07, 6.45) is -2.85. The number of benzene rings is 1. The van der Waals surface area contributed by atoms with Crippen LogP contribution in [0, 0.1) is 5.41 Å². The number of halogens is 3. The minimum Gasteiger partial charge on any atom is -0.381 e. The van der Waals surface area contributed by atoms with E-state index in [4.69, 9.17) is 14.5 Å². The molecule has 1 aromatic carbocycles. The number of hydrogen-bond acceptors (Lipinski definition) is 5. The van der Waals surface area contributed by atoms with Crippen LogP contribution in [0.4, 0.5) is 13.2 Å². The van der Waals surface area contributed by atoms with E-state index < -0.39 is 23.6 Å². The molecule has 4 rings (SSSR count). The average Bonchev–Trinajstić information content (AvgIpc) is 2.81. The van der Waals surface area contributed by atoms with Gasteiger partial charge in [-0.15, -0.1) is 0 Å². The highest BCUT2D eigenvalue weighted by atomic mass is 19.4. The molecule has 5 nitrogen and oxygen atoms in total. The molecular weight excluding hydrogens is 459 g/mol. The molecule has 8 heteroatoms. The number of ketones is 2. The fourth-order valence-electron chi connectivity index (χ4n) is 5.15. The number of aromatic nitrogens is 1. The molecule has 2 aromatic rings. The maximum atomic E-state index is 13.9. The van der Waals surface area contributed by atoms with Crippen molar-refractivity contribution in [1.29, 1.82) is 0 Å². The highest BCUT2D eigenvalue weighted by Crippen LogP contribution is 2.43. The Labute approximate surface area is 203 Å². The normalized spacial score (nSPS) is 19.3. The van der Waals surface area contributed by atoms with Gasteiger partial charge in [-0.2, -0.15) is 13.2 Å². The number of hydrogen-bond donors (Lipinski definition) is 0. The lowest BCUT2D eigenvalue weighted by Gasteiger charge is -2.35. The van der Waals surface area contributed by atoms with Gasteiger partial charge in [0.15, 0.2) is 11.6 Å². The second-order valence-electron chi connectivity index (χ2n) is 10.2. The quantitative estimate of drug-likeness (QED) is 0.476. The summed E-state index contributed by atoms with van der Waals surface area (Å²) in [5, 5.41) is 0. The van der Waals surface area contributed by atoms with Crippen LogP contribution >= 0.6 is 0 Å². The van der Waals surface area contributed by atoms with Crippen molar-refractivity contribution in [2.24, 2.45) is 5.41 Å². The molecule has 0 bridgehead atoms. The number of pyridine rings is 1. The molecule has 0 amide bonds. The van der Waals surface area contributed by atoms with Crippen LogP contribution in [0.1, 0.15) is 101 Å². The van der Waals surface area contributed by atoms with E-state index in [1.165, 1.54) is 19.2 Å². The Hall–Kier alpha value is -2.58. The number of Topliss-reactive ketones (excluding diaryl/α,β-unsaturated/α-hetero) is 1. The van der Waals surface area contributed by atoms with E-state index in [1.807, 2.05) is 13.8 Å². The topological polar surface area (TPSA) is 65.5 Å². The molecule has 2 heterocycles. The van der Waals surface area contributed by atoms with Crippen molar-refractivity contribution >= 4 is 11.6 Å². The molecule has 1 saturated heterocycles. The minimum atomic E-state index is -4.50. The molecule has 1 aliphatic carbocycles. The number of nitrogens with zero attached hydrogens (tertiary/aromatic N) is 1. The summed E-state index contributed by atoms with van der Waals surface area (Å²) in [5.74, 6) is -0.600. The van der Waals surface area contributed by atoms with Gasteiger partial charge in [0.2, 0.25) is 0 Å². The fourth-order valence-corrected chi connectivity index (χ4v) is 5.15. The van der Waals surface area contributed by atoms with Gasteiger partial charge in [0.05, 0.1) is 28.6 Å². The first-order chi connectivity index (χ1) is 16.4. The first kappa shape index (κ1) is 25.5. The van der Waals surface area contributed by atoms with Gasteiger partial charge < -0.3 is 9.47 Å². The van der Waals surface area contributed by atoms with Crippen molar-refractivity contribution < 1.29 is 32.2 Å². The van der Waals surface area contributed by atoms with Gasteiger partial charge in [0, 0.05) is 37.9 Å². The molecular formula is C27H30F3NO4. The second-order valence-corrected chi connectivity index (χ2v) is 10.2. The molecule has 0 radical (unpaired) electrons. The smallest absolute Gasteiger partial charge is 0.381 e. The zero-order valence-corrected chi connectivity index (χ0v) is 20.4. The van der Waals surface area contributed by atoms with Gasteiger partial charge >= 0.3 is 6.18 Å². The lowest BCUT2D eigenvalue weighted by molar-refractivity contribution is -0.137. The van der Waals surface area contributed by atoms with Crippen molar-refractivity contribution in [2.45, 2.75) is 64.7 Å². The molecule has 0 spiro atoms. The van der Waals surface area contributed by atoms with Crippen LogP contribution < -0.4 is 0 Å². The highest BCUT2D eigenvalue weighted by Gasteiger charge is 2.40. The van der Waals surface area contributed by atoms with Crippen molar-refractivity contribution in [3.63, 3.8) is 0 Å². The van der Waals surface area contributed by atoms with Crippen LogP contribution in [0.2, 0.25) is 0 Å². The number of carbonyl (C=O) groups is 2. The number of rotatable bonds is 5. The number of methoxy groups -OCH3 is 1. The molecule has 1 aromatic heterocycles. The average molecular weight is 490 g/mol. The monoisotopic (exact) mass is 489 g/mol. The number of alkyl halides is 3. The Kier molecular flexibility index (Phi) is 6.90. The van der Waals surface area contributed by atoms with Crippen LogP contribution in [0.15, 0.2) is 24.3 Å². The van der Waals surface area contributed by atoms with Crippen LogP contribution in [-0.4, -0.2) is 36.9 Å². The SMILES string of the molecule is COC(C)c1nc2c(c(C3CCOCC3)c1C(=O)c1ccc(C(F)(F)F)cc1)C(=O)CC(C)(C)C2. The van der Waals surface area contributed by atoms with Gasteiger partial charge in [-0.1, -0.05) is 26.0 Å². The molecule has 0 N–H and O–H groups in total. The third-order valence-electron chi connectivity index (χ3n) is 6.97. The molecule has 1 aliphatic heterocycles. The van der Waals surface area contributed by atoms with Crippen molar-refractivity contribution in [3.05, 3.63) is 63.5 Å². The number of fused-ring (bicyclic) bond motifs is 1. The summed E-state index contributed by atoms with van der Waals surface area (Å²) in [4.78, 5) is 32.2. The van der Waals surface area contributed by atoms with Gasteiger partial charge in [-0.05, 0) is 55.2 Å². The van der Waals surface area contributed by atoms with Crippen LogP contribution in [-0.2, 0) is 22.1 Å². The lowest BCUT2D eigenvalue weighted by Crippen LogP contribution is -2.33. The highest BCUT2D eigenvalue weighted by molar-refractivity contribution is 6.13. The number of ether oxygens (including phenoxy) is 2. The summed E-state index contributed by atoms with van der Waals surface area (Å²) in [6.45, 7) is 6.82. The van der Waals surface area contributed by atoms with E-state index in [2.05, 4.69) is 0 Å². The zero-order chi connectivity index (χ0) is 25.5.